The third-order valence-electron chi connectivity index (χ3n) is 3.24. The van der Waals surface area contributed by atoms with E-state index in [9.17, 15) is 40.3 Å². The first kappa shape index (κ1) is 20.9. The lowest BCUT2D eigenvalue weighted by atomic mass is 10.0. The molecule has 0 radical (unpaired) electrons. The molecule has 0 amide bonds. The molecule has 0 aromatic heterocycles. The molecule has 144 valence electrons. The zero-order valence-corrected chi connectivity index (χ0v) is 14.3. The number of hydrogen-bond acceptors (Lipinski definition) is 3. The molecule has 0 unspecified atom stereocenters. The summed E-state index contributed by atoms with van der Waals surface area (Å²) in [5, 5.41) is 0. The monoisotopic (exact) mass is 458 g/mol. The summed E-state index contributed by atoms with van der Waals surface area (Å²) in [6.45, 7) is 0. The molecule has 0 bridgehead atoms. The Labute approximate surface area is 154 Å². The SMILES string of the molecule is O=C(OC(=O)c1ccc(C(F)(F)C(F)(F)F)cc1F)c1ccc(Br)cc1F. The van der Waals surface area contributed by atoms with E-state index in [0.29, 0.717) is 6.07 Å². The fourth-order valence-corrected chi connectivity index (χ4v) is 2.22. The van der Waals surface area contributed by atoms with Gasteiger partial charge >= 0.3 is 24.0 Å². The Balaban J connectivity index is 2.26. The second-order valence-electron chi connectivity index (χ2n) is 5.07. The fraction of sp³-hybridized carbons (Fsp3) is 0.125. The Morgan fingerprint density at radius 3 is 1.74 bits per heavy atom. The molecule has 11 heteroatoms. The number of esters is 2. The van der Waals surface area contributed by atoms with E-state index in [1.165, 1.54) is 6.07 Å². The summed E-state index contributed by atoms with van der Waals surface area (Å²) in [5.41, 5.74) is -3.50. The maximum atomic E-state index is 13.8. The molecule has 2 aromatic rings. The van der Waals surface area contributed by atoms with Crippen LogP contribution in [0.3, 0.4) is 0 Å². The topological polar surface area (TPSA) is 43.4 Å². The summed E-state index contributed by atoms with van der Waals surface area (Å²) in [6, 6.07) is 3.36. The van der Waals surface area contributed by atoms with E-state index in [4.69, 9.17) is 0 Å². The summed E-state index contributed by atoms with van der Waals surface area (Å²) in [4.78, 5) is 23.5. The highest BCUT2D eigenvalue weighted by Gasteiger charge is 2.58. The summed E-state index contributed by atoms with van der Waals surface area (Å²) in [6.07, 6.45) is -5.98. The van der Waals surface area contributed by atoms with E-state index in [2.05, 4.69) is 20.7 Å². The molecule has 0 heterocycles. The highest BCUT2D eigenvalue weighted by molar-refractivity contribution is 9.10. The van der Waals surface area contributed by atoms with Crippen LogP contribution in [0.2, 0.25) is 0 Å². The first-order valence-corrected chi connectivity index (χ1v) is 7.60. The number of carbonyl (C=O) groups excluding carboxylic acids is 2. The van der Waals surface area contributed by atoms with Crippen LogP contribution >= 0.6 is 15.9 Å². The van der Waals surface area contributed by atoms with Crippen molar-refractivity contribution < 1.29 is 45.1 Å². The van der Waals surface area contributed by atoms with E-state index in [1.807, 2.05) is 0 Å². The first-order valence-electron chi connectivity index (χ1n) is 6.80. The fourth-order valence-electron chi connectivity index (χ4n) is 1.89. The number of ether oxygens (including phenoxy) is 1. The minimum Gasteiger partial charge on any atom is -0.386 e. The number of carbonyl (C=O) groups is 2. The van der Waals surface area contributed by atoms with Crippen LogP contribution in [0.15, 0.2) is 40.9 Å². The van der Waals surface area contributed by atoms with E-state index >= 15 is 0 Å². The smallest absolute Gasteiger partial charge is 0.386 e. The molecule has 27 heavy (non-hydrogen) atoms. The Kier molecular flexibility index (Phi) is 5.64. The van der Waals surface area contributed by atoms with Crippen LogP contribution in [0.25, 0.3) is 0 Å². The van der Waals surface area contributed by atoms with Gasteiger partial charge in [-0.2, -0.15) is 22.0 Å². The molecule has 2 aromatic carbocycles. The van der Waals surface area contributed by atoms with Gasteiger partial charge in [-0.15, -0.1) is 0 Å². The Morgan fingerprint density at radius 2 is 1.30 bits per heavy atom. The Bertz CT molecular complexity index is 909. The summed E-state index contributed by atoms with van der Waals surface area (Å²) >= 11 is 2.93. The van der Waals surface area contributed by atoms with Crippen molar-refractivity contribution in [3.8, 4) is 0 Å². The van der Waals surface area contributed by atoms with Crippen molar-refractivity contribution in [2.24, 2.45) is 0 Å². The van der Waals surface area contributed by atoms with Crippen molar-refractivity contribution in [2.45, 2.75) is 12.1 Å². The Morgan fingerprint density at radius 1 is 0.815 bits per heavy atom. The van der Waals surface area contributed by atoms with Gasteiger partial charge in [0.05, 0.1) is 11.1 Å². The van der Waals surface area contributed by atoms with Crippen molar-refractivity contribution >= 4 is 27.9 Å². The van der Waals surface area contributed by atoms with Crippen LogP contribution in [0, 0.1) is 11.6 Å². The van der Waals surface area contributed by atoms with Crippen LogP contribution in [-0.2, 0) is 10.7 Å². The minimum atomic E-state index is -5.98. The summed E-state index contributed by atoms with van der Waals surface area (Å²) < 4.78 is 95.2. The van der Waals surface area contributed by atoms with Gasteiger partial charge in [0, 0.05) is 10.0 Å². The average molecular weight is 459 g/mol. The van der Waals surface area contributed by atoms with Gasteiger partial charge in [0.1, 0.15) is 11.6 Å². The molecule has 0 aliphatic carbocycles. The normalized spacial score (nSPS) is 12.0. The van der Waals surface area contributed by atoms with Gasteiger partial charge in [0.25, 0.3) is 0 Å². The molecule has 2 rings (SSSR count). The van der Waals surface area contributed by atoms with E-state index in [0.717, 1.165) is 12.1 Å². The second kappa shape index (κ2) is 7.29. The van der Waals surface area contributed by atoms with Gasteiger partial charge in [-0.1, -0.05) is 22.0 Å². The summed E-state index contributed by atoms with van der Waals surface area (Å²) in [5.74, 6) is -11.4. The van der Waals surface area contributed by atoms with Gasteiger partial charge < -0.3 is 4.74 Å². The quantitative estimate of drug-likeness (QED) is 0.352. The number of benzene rings is 2. The minimum absolute atomic E-state index is 0.165. The zero-order valence-electron chi connectivity index (χ0n) is 12.7. The van der Waals surface area contributed by atoms with Crippen LogP contribution < -0.4 is 0 Å². The van der Waals surface area contributed by atoms with Crippen LogP contribution in [0.5, 0.6) is 0 Å². The summed E-state index contributed by atoms with van der Waals surface area (Å²) in [7, 11) is 0. The molecule has 0 N–H and O–H groups in total. The molecule has 0 saturated heterocycles. The molecule has 0 fully saturated rings. The van der Waals surface area contributed by atoms with Gasteiger partial charge in [-0.05, 0) is 30.3 Å². The van der Waals surface area contributed by atoms with Gasteiger partial charge in [-0.25, -0.2) is 18.4 Å². The number of halogens is 8. The van der Waals surface area contributed by atoms with Crippen molar-refractivity contribution in [3.63, 3.8) is 0 Å². The maximum absolute atomic E-state index is 13.8. The molecular formula is C16H6BrF7O3. The molecular weight excluding hydrogens is 453 g/mol. The third-order valence-corrected chi connectivity index (χ3v) is 3.74. The standard InChI is InChI=1S/C16H6BrF7O3/c17-8-2-4-10(12(19)6-8)14(26)27-13(25)9-3-1-7(5-11(9)18)15(20,21)16(22,23)24/h1-6H. The predicted molar refractivity (Wildman–Crippen MR) is 80.2 cm³/mol. The lowest BCUT2D eigenvalue weighted by Crippen LogP contribution is -2.33. The number of hydrogen-bond donors (Lipinski definition) is 0. The van der Waals surface area contributed by atoms with Gasteiger partial charge in [-0.3, -0.25) is 0 Å². The maximum Gasteiger partial charge on any atom is 0.458 e. The number of rotatable bonds is 3. The lowest BCUT2D eigenvalue weighted by molar-refractivity contribution is -0.289. The molecule has 0 aliphatic heterocycles. The largest absolute Gasteiger partial charge is 0.458 e. The van der Waals surface area contributed by atoms with Crippen molar-refractivity contribution in [1.82, 2.24) is 0 Å². The molecule has 0 atom stereocenters. The first-order chi connectivity index (χ1) is 12.3. The van der Waals surface area contributed by atoms with Crippen LogP contribution in [-0.4, -0.2) is 18.1 Å². The zero-order chi connectivity index (χ0) is 20.6. The van der Waals surface area contributed by atoms with Crippen molar-refractivity contribution in [2.75, 3.05) is 0 Å². The lowest BCUT2D eigenvalue weighted by Gasteiger charge is -2.20. The highest BCUT2D eigenvalue weighted by Crippen LogP contribution is 2.44. The van der Waals surface area contributed by atoms with Gasteiger partial charge in [0.15, 0.2) is 0 Å². The van der Waals surface area contributed by atoms with E-state index in [1.54, 1.807) is 0 Å². The van der Waals surface area contributed by atoms with Crippen molar-refractivity contribution in [3.05, 3.63) is 69.2 Å². The predicted octanol–water partition coefficient (Wildman–Crippen LogP) is 5.38. The average Bonchev–Trinajstić information content (AvgIpc) is 2.53. The second-order valence-corrected chi connectivity index (χ2v) is 5.98. The van der Waals surface area contributed by atoms with Crippen LogP contribution in [0.1, 0.15) is 26.3 Å². The number of alkyl halides is 5. The van der Waals surface area contributed by atoms with Crippen LogP contribution in [0.4, 0.5) is 30.7 Å². The molecule has 0 saturated carbocycles. The van der Waals surface area contributed by atoms with E-state index < -0.39 is 52.4 Å². The van der Waals surface area contributed by atoms with Crippen molar-refractivity contribution in [1.29, 1.82) is 0 Å². The molecule has 3 nitrogen and oxygen atoms in total. The third kappa shape index (κ3) is 4.29. The molecule has 0 aliphatic rings. The molecule has 0 spiro atoms. The van der Waals surface area contributed by atoms with E-state index in [-0.39, 0.29) is 16.6 Å². The van der Waals surface area contributed by atoms with Gasteiger partial charge in [0.2, 0.25) is 0 Å². The highest BCUT2D eigenvalue weighted by atomic mass is 79.9. The Hall–Kier alpha value is -2.43.